The molecular formula is C16H16F3N7O2. The second-order valence-electron chi connectivity index (χ2n) is 5.67. The van der Waals surface area contributed by atoms with Gasteiger partial charge < -0.3 is 4.90 Å². The number of alkyl halides is 3. The number of hydrogen-bond acceptors (Lipinski definition) is 5. The van der Waals surface area contributed by atoms with Gasteiger partial charge in [0.15, 0.2) is 5.69 Å². The summed E-state index contributed by atoms with van der Waals surface area (Å²) in [4.78, 5) is 26.4. The summed E-state index contributed by atoms with van der Waals surface area (Å²) in [6.45, 7) is 4.25. The van der Waals surface area contributed by atoms with Crippen molar-refractivity contribution >= 4 is 6.03 Å². The minimum Gasteiger partial charge on any atom is -0.323 e. The second kappa shape index (κ2) is 7.29. The van der Waals surface area contributed by atoms with Crippen molar-refractivity contribution in [3.05, 3.63) is 52.7 Å². The molecule has 0 spiro atoms. The zero-order valence-electron chi connectivity index (χ0n) is 15.0. The van der Waals surface area contributed by atoms with Gasteiger partial charge in [0, 0.05) is 19.3 Å². The average molecular weight is 395 g/mol. The van der Waals surface area contributed by atoms with Gasteiger partial charge in [-0.1, -0.05) is 12.1 Å². The number of benzene rings is 1. The molecule has 0 aliphatic carbocycles. The Morgan fingerprint density at radius 3 is 2.29 bits per heavy atom. The Kier molecular flexibility index (Phi) is 5.03. The van der Waals surface area contributed by atoms with Crippen LogP contribution in [0.25, 0.3) is 11.4 Å². The van der Waals surface area contributed by atoms with Crippen molar-refractivity contribution in [2.45, 2.75) is 20.0 Å². The number of rotatable bonds is 4. The predicted molar refractivity (Wildman–Crippen MR) is 91.5 cm³/mol. The predicted octanol–water partition coefficient (Wildman–Crippen LogP) is 1.94. The Labute approximate surface area is 156 Å². The first-order chi connectivity index (χ1) is 13.3. The number of carbonyl (C=O) groups excluding carboxylic acids is 1. The fourth-order valence-corrected chi connectivity index (χ4v) is 2.59. The van der Waals surface area contributed by atoms with Gasteiger partial charge in [0.2, 0.25) is 0 Å². The molecule has 2 heterocycles. The van der Waals surface area contributed by atoms with E-state index in [9.17, 15) is 22.8 Å². The molecule has 28 heavy (non-hydrogen) atoms. The molecule has 3 aromatic rings. The fraction of sp³-hybridized carbons (Fsp3) is 0.312. The van der Waals surface area contributed by atoms with Gasteiger partial charge in [-0.25, -0.2) is 14.3 Å². The van der Waals surface area contributed by atoms with Crippen LogP contribution >= 0.6 is 0 Å². The largest absolute Gasteiger partial charge is 0.435 e. The molecule has 1 amide bonds. The van der Waals surface area contributed by atoms with Crippen LogP contribution in [0.5, 0.6) is 0 Å². The third-order valence-corrected chi connectivity index (χ3v) is 4.03. The Morgan fingerprint density at radius 2 is 1.71 bits per heavy atom. The zero-order valence-corrected chi connectivity index (χ0v) is 15.0. The van der Waals surface area contributed by atoms with Crippen molar-refractivity contribution in [2.75, 3.05) is 13.1 Å². The van der Waals surface area contributed by atoms with E-state index < -0.39 is 23.6 Å². The topological polar surface area (TPSA) is 90.8 Å². The maximum absolute atomic E-state index is 12.8. The van der Waals surface area contributed by atoms with Gasteiger partial charge >= 0.3 is 17.9 Å². The van der Waals surface area contributed by atoms with Crippen molar-refractivity contribution in [3.63, 3.8) is 0 Å². The number of nitrogens with zero attached hydrogens (tertiary/aromatic N) is 7. The van der Waals surface area contributed by atoms with Crippen LogP contribution in [0.4, 0.5) is 18.0 Å². The highest BCUT2D eigenvalue weighted by atomic mass is 19.4. The van der Waals surface area contributed by atoms with E-state index in [0.29, 0.717) is 17.8 Å². The molecule has 0 atom stereocenters. The molecule has 0 fully saturated rings. The minimum absolute atomic E-state index is 0.128. The standard InChI is InChI=1S/C16H16F3N7O2/c1-3-23(4-2)14(27)26-15(28)25(21-22-26)12-8-6-5-7-11(12)24-10-9-13(20-24)16(17,18)19/h5-10H,3-4H2,1-2H3. The summed E-state index contributed by atoms with van der Waals surface area (Å²) < 4.78 is 40.9. The average Bonchev–Trinajstić information content (AvgIpc) is 3.29. The van der Waals surface area contributed by atoms with Crippen LogP contribution in [0, 0.1) is 0 Å². The number of hydrogen-bond donors (Lipinski definition) is 0. The molecule has 0 bridgehead atoms. The third-order valence-electron chi connectivity index (χ3n) is 4.03. The van der Waals surface area contributed by atoms with E-state index in [4.69, 9.17) is 0 Å². The Bertz CT molecular complexity index is 1050. The molecule has 3 rings (SSSR count). The van der Waals surface area contributed by atoms with Gasteiger partial charge in [-0.15, -0.1) is 4.68 Å². The lowest BCUT2D eigenvalue weighted by atomic mass is 10.2. The summed E-state index contributed by atoms with van der Waals surface area (Å²) in [6, 6.07) is 6.26. The minimum atomic E-state index is -4.60. The molecular weight excluding hydrogens is 379 g/mol. The Hall–Kier alpha value is -3.44. The van der Waals surface area contributed by atoms with Crippen LogP contribution in [-0.4, -0.2) is 53.6 Å². The van der Waals surface area contributed by atoms with E-state index in [2.05, 4.69) is 15.5 Å². The highest BCUT2D eigenvalue weighted by Crippen LogP contribution is 2.28. The lowest BCUT2D eigenvalue weighted by molar-refractivity contribution is -0.141. The summed E-state index contributed by atoms with van der Waals surface area (Å²) in [5.41, 5.74) is -1.62. The molecule has 0 saturated carbocycles. The molecule has 0 unspecified atom stereocenters. The van der Waals surface area contributed by atoms with Crippen molar-refractivity contribution in [3.8, 4) is 11.4 Å². The third kappa shape index (κ3) is 3.40. The first kappa shape index (κ1) is 19.3. The number of para-hydroxylation sites is 2. The van der Waals surface area contributed by atoms with Crippen LogP contribution in [-0.2, 0) is 6.18 Å². The van der Waals surface area contributed by atoms with Gasteiger partial charge in [-0.2, -0.15) is 23.0 Å². The van der Waals surface area contributed by atoms with E-state index in [1.165, 1.54) is 17.0 Å². The van der Waals surface area contributed by atoms with Crippen LogP contribution in [0.3, 0.4) is 0 Å². The van der Waals surface area contributed by atoms with Gasteiger partial charge in [-0.3, -0.25) is 0 Å². The molecule has 0 aliphatic rings. The molecule has 1 aromatic carbocycles. The van der Waals surface area contributed by atoms with Crippen LogP contribution in [0.15, 0.2) is 41.3 Å². The lowest BCUT2D eigenvalue weighted by Crippen LogP contribution is -2.40. The lowest BCUT2D eigenvalue weighted by Gasteiger charge is -2.16. The van der Waals surface area contributed by atoms with Crippen molar-refractivity contribution < 1.29 is 18.0 Å². The maximum Gasteiger partial charge on any atom is 0.435 e. The smallest absolute Gasteiger partial charge is 0.323 e. The quantitative estimate of drug-likeness (QED) is 0.630. The number of tetrazole rings is 1. The number of amides is 1. The van der Waals surface area contributed by atoms with Crippen molar-refractivity contribution in [1.29, 1.82) is 0 Å². The molecule has 0 aliphatic heterocycles. The van der Waals surface area contributed by atoms with Crippen LogP contribution in [0.2, 0.25) is 0 Å². The molecule has 0 radical (unpaired) electrons. The molecule has 0 saturated heterocycles. The molecule has 0 N–H and O–H groups in total. The first-order valence-corrected chi connectivity index (χ1v) is 8.34. The number of aromatic nitrogens is 6. The summed E-state index contributed by atoms with van der Waals surface area (Å²) in [6.07, 6.45) is -3.48. The highest BCUT2D eigenvalue weighted by Gasteiger charge is 2.34. The number of halogens is 3. The van der Waals surface area contributed by atoms with Crippen molar-refractivity contribution in [2.24, 2.45) is 0 Å². The van der Waals surface area contributed by atoms with E-state index in [0.717, 1.165) is 21.6 Å². The van der Waals surface area contributed by atoms with Gasteiger partial charge in [0.25, 0.3) is 0 Å². The molecule has 2 aromatic heterocycles. The normalized spacial score (nSPS) is 11.6. The maximum atomic E-state index is 12.8. The van der Waals surface area contributed by atoms with Gasteiger partial charge in [0.1, 0.15) is 0 Å². The van der Waals surface area contributed by atoms with E-state index >= 15 is 0 Å². The van der Waals surface area contributed by atoms with E-state index in [1.807, 2.05) is 0 Å². The van der Waals surface area contributed by atoms with Gasteiger partial charge in [0.05, 0.1) is 11.4 Å². The monoisotopic (exact) mass is 395 g/mol. The summed E-state index contributed by atoms with van der Waals surface area (Å²) in [5.74, 6) is 0. The fourth-order valence-electron chi connectivity index (χ4n) is 2.59. The Balaban J connectivity index is 2.07. The summed E-state index contributed by atoms with van der Waals surface area (Å²) in [7, 11) is 0. The van der Waals surface area contributed by atoms with E-state index in [1.54, 1.807) is 26.0 Å². The zero-order chi connectivity index (χ0) is 20.5. The molecule has 12 heteroatoms. The van der Waals surface area contributed by atoms with E-state index in [-0.39, 0.29) is 11.4 Å². The second-order valence-corrected chi connectivity index (χ2v) is 5.67. The highest BCUT2D eigenvalue weighted by molar-refractivity contribution is 5.75. The van der Waals surface area contributed by atoms with Crippen molar-refractivity contribution in [1.82, 2.24) is 34.5 Å². The van der Waals surface area contributed by atoms with Crippen LogP contribution < -0.4 is 5.69 Å². The summed E-state index contributed by atoms with van der Waals surface area (Å²) in [5, 5.41) is 10.8. The van der Waals surface area contributed by atoms with Gasteiger partial charge in [-0.05, 0) is 42.5 Å². The first-order valence-electron chi connectivity index (χ1n) is 8.34. The number of carbonyl (C=O) groups is 1. The molecule has 148 valence electrons. The van der Waals surface area contributed by atoms with Crippen LogP contribution in [0.1, 0.15) is 19.5 Å². The molecule has 9 nitrogen and oxygen atoms in total. The Morgan fingerprint density at radius 1 is 1.07 bits per heavy atom. The SMILES string of the molecule is CCN(CC)C(=O)n1nnn(-c2ccccc2-n2ccc(C(F)(F)F)n2)c1=O. The summed E-state index contributed by atoms with van der Waals surface area (Å²) >= 11 is 0.